The number of thiazole rings is 1. The number of nitrogens with zero attached hydrogens (tertiary/aromatic N) is 2. The molecule has 18 heavy (non-hydrogen) atoms. The van der Waals surface area contributed by atoms with Gasteiger partial charge in [0.1, 0.15) is 0 Å². The van der Waals surface area contributed by atoms with Crippen molar-refractivity contribution in [3.05, 3.63) is 11.1 Å². The number of thioether (sulfide) groups is 1. The number of aromatic nitrogens is 1. The Balaban J connectivity index is 2.59. The molecule has 0 saturated carbocycles. The quantitative estimate of drug-likeness (QED) is 0.721. The van der Waals surface area contributed by atoms with Gasteiger partial charge in [-0.1, -0.05) is 0 Å². The van der Waals surface area contributed by atoms with Gasteiger partial charge in [0.15, 0.2) is 5.13 Å². The van der Waals surface area contributed by atoms with E-state index in [4.69, 9.17) is 4.74 Å². The van der Waals surface area contributed by atoms with Gasteiger partial charge in [0.25, 0.3) is 0 Å². The van der Waals surface area contributed by atoms with Gasteiger partial charge in [-0.15, -0.1) is 11.3 Å². The predicted octanol–water partition coefficient (Wildman–Crippen LogP) is 2.44. The number of ether oxygens (including phenoxy) is 1. The fraction of sp³-hybridized carbons (Fsp3) is 0.667. The fourth-order valence-electron chi connectivity index (χ4n) is 1.44. The second-order valence-electron chi connectivity index (χ2n) is 4.02. The smallest absolute Gasteiger partial charge is 0.311 e. The minimum atomic E-state index is -0.214. The third-order valence-corrected chi connectivity index (χ3v) is 4.34. The van der Waals surface area contributed by atoms with Gasteiger partial charge in [0.2, 0.25) is 0 Å². The molecule has 1 unspecified atom stereocenters. The number of carbonyl (C=O) groups is 1. The molecule has 1 atom stereocenters. The van der Waals surface area contributed by atoms with Gasteiger partial charge in [-0.2, -0.15) is 11.8 Å². The van der Waals surface area contributed by atoms with Crippen molar-refractivity contribution >= 4 is 34.2 Å². The molecule has 0 aromatic carbocycles. The highest BCUT2D eigenvalue weighted by atomic mass is 32.2. The Morgan fingerprint density at radius 1 is 1.67 bits per heavy atom. The molecule has 0 saturated heterocycles. The van der Waals surface area contributed by atoms with Gasteiger partial charge in [0.05, 0.1) is 18.7 Å². The molecule has 0 aliphatic rings. The van der Waals surface area contributed by atoms with E-state index in [-0.39, 0.29) is 12.4 Å². The van der Waals surface area contributed by atoms with Crippen LogP contribution in [0.15, 0.2) is 5.38 Å². The Bertz CT molecular complexity index is 382. The van der Waals surface area contributed by atoms with E-state index in [1.165, 1.54) is 0 Å². The van der Waals surface area contributed by atoms with Crippen LogP contribution < -0.4 is 4.90 Å². The summed E-state index contributed by atoms with van der Waals surface area (Å²) in [5.41, 5.74) is 0.789. The molecule has 0 aliphatic heterocycles. The lowest BCUT2D eigenvalue weighted by molar-refractivity contribution is -0.142. The van der Waals surface area contributed by atoms with E-state index in [0.29, 0.717) is 12.6 Å². The van der Waals surface area contributed by atoms with Crippen molar-refractivity contribution in [2.24, 2.45) is 0 Å². The van der Waals surface area contributed by atoms with Crippen LogP contribution in [0.1, 0.15) is 19.5 Å². The molecule has 1 aromatic rings. The summed E-state index contributed by atoms with van der Waals surface area (Å²) in [6.45, 7) is 4.39. The maximum absolute atomic E-state index is 11.4. The van der Waals surface area contributed by atoms with Crippen LogP contribution >= 0.6 is 23.1 Å². The number of carbonyl (C=O) groups excluding carboxylic acids is 1. The molecule has 0 fully saturated rings. The Hall–Kier alpha value is -0.750. The van der Waals surface area contributed by atoms with Crippen LogP contribution in [0.4, 0.5) is 5.13 Å². The molecule has 1 heterocycles. The lowest BCUT2D eigenvalue weighted by Crippen LogP contribution is -2.30. The molecular weight excluding hydrogens is 268 g/mol. The van der Waals surface area contributed by atoms with Crippen molar-refractivity contribution in [2.45, 2.75) is 26.3 Å². The second kappa shape index (κ2) is 7.63. The molecule has 4 nitrogen and oxygen atoms in total. The summed E-state index contributed by atoms with van der Waals surface area (Å²) < 4.78 is 4.91. The average Bonchev–Trinajstić information content (AvgIpc) is 2.77. The molecule has 6 heteroatoms. The summed E-state index contributed by atoms with van der Waals surface area (Å²) in [4.78, 5) is 18.0. The zero-order chi connectivity index (χ0) is 13.5. The van der Waals surface area contributed by atoms with Gasteiger partial charge in [-0.05, 0) is 20.1 Å². The van der Waals surface area contributed by atoms with E-state index in [2.05, 4.69) is 23.1 Å². The Labute approximate surface area is 117 Å². The largest absolute Gasteiger partial charge is 0.466 e. The van der Waals surface area contributed by atoms with Gasteiger partial charge in [-0.3, -0.25) is 4.79 Å². The first-order chi connectivity index (χ1) is 8.58. The maximum atomic E-state index is 11.4. The van der Waals surface area contributed by atoms with Crippen molar-refractivity contribution in [1.29, 1.82) is 0 Å². The highest BCUT2D eigenvalue weighted by Crippen LogP contribution is 2.22. The number of hydrogen-bond donors (Lipinski definition) is 0. The van der Waals surface area contributed by atoms with Crippen LogP contribution in [0.25, 0.3) is 0 Å². The second-order valence-corrected chi connectivity index (χ2v) is 5.77. The van der Waals surface area contributed by atoms with Gasteiger partial charge in [0, 0.05) is 24.2 Å². The molecule has 0 N–H and O–H groups in total. The summed E-state index contributed by atoms with van der Waals surface area (Å²) in [7, 11) is 2.04. The zero-order valence-electron chi connectivity index (χ0n) is 11.3. The van der Waals surface area contributed by atoms with Crippen molar-refractivity contribution in [2.75, 3.05) is 30.6 Å². The molecule has 0 bridgehead atoms. The SMILES string of the molecule is CCOC(=O)Cc1csc(N(C)C(C)CSC)n1. The highest BCUT2D eigenvalue weighted by molar-refractivity contribution is 7.98. The van der Waals surface area contributed by atoms with Crippen molar-refractivity contribution in [3.63, 3.8) is 0 Å². The van der Waals surface area contributed by atoms with Crippen LogP contribution in [-0.2, 0) is 16.0 Å². The fourth-order valence-corrected chi connectivity index (χ4v) is 3.04. The van der Waals surface area contributed by atoms with E-state index in [1.54, 1.807) is 11.3 Å². The minimum absolute atomic E-state index is 0.214. The lowest BCUT2D eigenvalue weighted by atomic mass is 10.3. The first-order valence-electron chi connectivity index (χ1n) is 5.90. The van der Waals surface area contributed by atoms with Gasteiger partial charge in [-0.25, -0.2) is 4.98 Å². The summed E-state index contributed by atoms with van der Waals surface area (Å²) in [5.74, 6) is 0.845. The van der Waals surface area contributed by atoms with E-state index in [1.807, 2.05) is 31.1 Å². The Morgan fingerprint density at radius 3 is 3.00 bits per heavy atom. The van der Waals surface area contributed by atoms with Crippen LogP contribution in [0, 0.1) is 0 Å². The molecule has 0 aliphatic carbocycles. The number of anilines is 1. The standard InChI is InChI=1S/C12H20N2O2S2/c1-5-16-11(15)6-10-8-18-12(13-10)14(3)9(2)7-17-4/h8-9H,5-7H2,1-4H3. The molecule has 0 radical (unpaired) electrons. The van der Waals surface area contributed by atoms with E-state index in [9.17, 15) is 4.79 Å². The number of rotatable bonds is 7. The Kier molecular flexibility index (Phi) is 6.49. The summed E-state index contributed by atoms with van der Waals surface area (Å²) in [6, 6.07) is 0.432. The van der Waals surface area contributed by atoms with Crippen LogP contribution in [0.3, 0.4) is 0 Å². The molecule has 0 spiro atoms. The van der Waals surface area contributed by atoms with Crippen LogP contribution in [0.2, 0.25) is 0 Å². The first kappa shape index (κ1) is 15.3. The Morgan fingerprint density at radius 2 is 2.39 bits per heavy atom. The molecule has 0 amide bonds. The third-order valence-electron chi connectivity index (χ3n) is 2.54. The van der Waals surface area contributed by atoms with Crippen molar-refractivity contribution in [3.8, 4) is 0 Å². The number of esters is 1. The molecule has 1 aromatic heterocycles. The topological polar surface area (TPSA) is 42.4 Å². The number of hydrogen-bond acceptors (Lipinski definition) is 6. The minimum Gasteiger partial charge on any atom is -0.466 e. The molecule has 102 valence electrons. The average molecular weight is 288 g/mol. The van der Waals surface area contributed by atoms with Crippen molar-refractivity contribution in [1.82, 2.24) is 4.98 Å². The zero-order valence-corrected chi connectivity index (χ0v) is 12.9. The van der Waals surface area contributed by atoms with Crippen molar-refractivity contribution < 1.29 is 9.53 Å². The van der Waals surface area contributed by atoms with E-state index in [0.717, 1.165) is 16.6 Å². The third kappa shape index (κ3) is 4.49. The first-order valence-corrected chi connectivity index (χ1v) is 8.17. The van der Waals surface area contributed by atoms with Gasteiger partial charge >= 0.3 is 5.97 Å². The normalized spacial score (nSPS) is 12.2. The van der Waals surface area contributed by atoms with E-state index < -0.39 is 0 Å². The van der Waals surface area contributed by atoms with Crippen LogP contribution in [-0.4, -0.2) is 42.7 Å². The maximum Gasteiger partial charge on any atom is 0.311 e. The molecule has 1 rings (SSSR count). The summed E-state index contributed by atoms with van der Waals surface area (Å²) in [5, 5.41) is 2.88. The predicted molar refractivity (Wildman–Crippen MR) is 78.7 cm³/mol. The van der Waals surface area contributed by atoms with Crippen LogP contribution in [0.5, 0.6) is 0 Å². The highest BCUT2D eigenvalue weighted by Gasteiger charge is 2.14. The lowest BCUT2D eigenvalue weighted by Gasteiger charge is -2.23. The van der Waals surface area contributed by atoms with E-state index >= 15 is 0 Å². The molecular formula is C12H20N2O2S2. The summed E-state index contributed by atoms with van der Waals surface area (Å²) in [6.07, 6.45) is 2.35. The summed E-state index contributed by atoms with van der Waals surface area (Å²) >= 11 is 3.39. The monoisotopic (exact) mass is 288 g/mol. The van der Waals surface area contributed by atoms with Gasteiger partial charge < -0.3 is 9.64 Å².